The maximum absolute atomic E-state index is 11.0. The molecule has 0 amide bonds. The van der Waals surface area contributed by atoms with Gasteiger partial charge in [-0.05, 0) is 25.7 Å². The van der Waals surface area contributed by atoms with Crippen molar-refractivity contribution in [1.29, 1.82) is 0 Å². The summed E-state index contributed by atoms with van der Waals surface area (Å²) in [5.74, 6) is -0.214. The van der Waals surface area contributed by atoms with Crippen molar-refractivity contribution >= 4 is 17.3 Å². The molecule has 0 atom stereocenters. The zero-order valence-corrected chi connectivity index (χ0v) is 10.6. The Morgan fingerprint density at radius 2 is 2.39 bits per heavy atom. The van der Waals surface area contributed by atoms with E-state index in [1.807, 2.05) is 10.9 Å². The molecule has 0 unspecified atom stereocenters. The summed E-state index contributed by atoms with van der Waals surface area (Å²) < 4.78 is 1.81. The Kier molecular flexibility index (Phi) is 2.62. The van der Waals surface area contributed by atoms with E-state index in [4.69, 9.17) is 5.11 Å². The van der Waals surface area contributed by atoms with Gasteiger partial charge in [0.2, 0.25) is 0 Å². The van der Waals surface area contributed by atoms with Crippen LogP contribution in [0, 0.1) is 12.8 Å². The van der Waals surface area contributed by atoms with Crippen molar-refractivity contribution in [2.45, 2.75) is 26.3 Å². The van der Waals surface area contributed by atoms with Crippen LogP contribution in [0.3, 0.4) is 0 Å². The van der Waals surface area contributed by atoms with Crippen molar-refractivity contribution in [2.24, 2.45) is 5.92 Å². The van der Waals surface area contributed by atoms with E-state index in [0.29, 0.717) is 16.4 Å². The Labute approximate surface area is 107 Å². The lowest BCUT2D eigenvalue weighted by molar-refractivity contribution is 0.0701. The second-order valence-corrected chi connectivity index (χ2v) is 5.51. The highest BCUT2D eigenvalue weighted by atomic mass is 32.1. The second kappa shape index (κ2) is 4.16. The molecule has 0 bridgehead atoms. The van der Waals surface area contributed by atoms with Crippen molar-refractivity contribution in [1.82, 2.24) is 20.0 Å². The standard InChI is InChI=1S/C11H12N4O2S/c1-6-9(11(16)17)18-10(12-6)8-5-15(14-13-8)4-7-2-3-7/h5,7H,2-4H2,1H3,(H,16,17). The Bertz CT molecular complexity index is 600. The Morgan fingerprint density at radius 3 is 3.00 bits per heavy atom. The van der Waals surface area contributed by atoms with Crippen LogP contribution in [0.5, 0.6) is 0 Å². The van der Waals surface area contributed by atoms with Gasteiger partial charge >= 0.3 is 5.97 Å². The quantitative estimate of drug-likeness (QED) is 0.911. The van der Waals surface area contributed by atoms with Gasteiger partial charge in [0.05, 0.1) is 11.9 Å². The Balaban J connectivity index is 1.86. The molecule has 0 radical (unpaired) electrons. The minimum absolute atomic E-state index is 0.266. The highest BCUT2D eigenvalue weighted by Crippen LogP contribution is 2.31. The molecule has 7 heteroatoms. The summed E-state index contributed by atoms with van der Waals surface area (Å²) in [6, 6.07) is 0. The monoisotopic (exact) mass is 264 g/mol. The SMILES string of the molecule is Cc1nc(-c2cn(CC3CC3)nn2)sc1C(=O)O. The van der Waals surface area contributed by atoms with Crippen LogP contribution < -0.4 is 0 Å². The molecule has 0 saturated heterocycles. The van der Waals surface area contributed by atoms with E-state index in [0.717, 1.165) is 23.8 Å². The molecular formula is C11H12N4O2S. The average molecular weight is 264 g/mol. The molecule has 2 heterocycles. The van der Waals surface area contributed by atoms with Crippen molar-refractivity contribution in [3.63, 3.8) is 0 Å². The van der Waals surface area contributed by atoms with Gasteiger partial charge in [0.25, 0.3) is 0 Å². The molecule has 0 aromatic carbocycles. The number of hydrogen-bond donors (Lipinski definition) is 1. The molecule has 1 N–H and O–H groups in total. The molecule has 2 aromatic rings. The third-order valence-corrected chi connectivity index (χ3v) is 4.06. The number of nitrogens with zero attached hydrogens (tertiary/aromatic N) is 4. The fourth-order valence-electron chi connectivity index (χ4n) is 1.76. The van der Waals surface area contributed by atoms with Crippen molar-refractivity contribution in [2.75, 3.05) is 0 Å². The summed E-state index contributed by atoms with van der Waals surface area (Å²) >= 11 is 1.14. The molecule has 1 aliphatic rings. The van der Waals surface area contributed by atoms with E-state index in [9.17, 15) is 4.79 Å². The lowest BCUT2D eigenvalue weighted by Crippen LogP contribution is -1.99. The van der Waals surface area contributed by atoms with Crippen molar-refractivity contribution in [3.05, 3.63) is 16.8 Å². The van der Waals surface area contributed by atoms with Gasteiger partial charge in [-0.1, -0.05) is 5.21 Å². The molecule has 94 valence electrons. The minimum atomic E-state index is -0.943. The first-order valence-electron chi connectivity index (χ1n) is 5.74. The van der Waals surface area contributed by atoms with E-state index >= 15 is 0 Å². The first-order chi connectivity index (χ1) is 8.63. The maximum Gasteiger partial charge on any atom is 0.347 e. The van der Waals surface area contributed by atoms with Gasteiger partial charge in [-0.2, -0.15) is 0 Å². The summed E-state index contributed by atoms with van der Waals surface area (Å²) in [4.78, 5) is 15.5. The van der Waals surface area contributed by atoms with E-state index in [1.54, 1.807) is 6.92 Å². The summed E-state index contributed by atoms with van der Waals surface area (Å²) in [6.07, 6.45) is 4.35. The number of aryl methyl sites for hydroxylation is 1. The predicted molar refractivity (Wildman–Crippen MR) is 65.6 cm³/mol. The molecular weight excluding hydrogens is 252 g/mol. The fourth-order valence-corrected chi connectivity index (χ4v) is 2.61. The number of carboxylic acid groups (broad SMARTS) is 1. The molecule has 3 rings (SSSR count). The smallest absolute Gasteiger partial charge is 0.347 e. The van der Waals surface area contributed by atoms with Crippen LogP contribution in [-0.4, -0.2) is 31.1 Å². The van der Waals surface area contributed by atoms with Gasteiger partial charge in [0.1, 0.15) is 15.6 Å². The number of rotatable bonds is 4. The van der Waals surface area contributed by atoms with Crippen LogP contribution in [0.2, 0.25) is 0 Å². The van der Waals surface area contributed by atoms with E-state index in [-0.39, 0.29) is 4.88 Å². The van der Waals surface area contributed by atoms with Crippen LogP contribution in [0.25, 0.3) is 10.7 Å². The minimum Gasteiger partial charge on any atom is -0.477 e. The van der Waals surface area contributed by atoms with Gasteiger partial charge in [-0.25, -0.2) is 9.78 Å². The molecule has 1 saturated carbocycles. The highest BCUT2D eigenvalue weighted by Gasteiger charge is 2.23. The van der Waals surface area contributed by atoms with Crippen LogP contribution in [0.15, 0.2) is 6.20 Å². The third kappa shape index (κ3) is 2.13. The van der Waals surface area contributed by atoms with Gasteiger partial charge < -0.3 is 5.11 Å². The second-order valence-electron chi connectivity index (χ2n) is 4.51. The van der Waals surface area contributed by atoms with Crippen LogP contribution >= 0.6 is 11.3 Å². The van der Waals surface area contributed by atoms with Gasteiger partial charge in [-0.3, -0.25) is 4.68 Å². The first-order valence-corrected chi connectivity index (χ1v) is 6.56. The molecule has 1 aliphatic carbocycles. The number of aromatic carboxylic acids is 1. The number of carbonyl (C=O) groups is 1. The Hall–Kier alpha value is -1.76. The molecule has 1 fully saturated rings. The van der Waals surface area contributed by atoms with Gasteiger partial charge in [0, 0.05) is 6.54 Å². The molecule has 0 spiro atoms. The van der Waals surface area contributed by atoms with Crippen LogP contribution in [0.4, 0.5) is 0 Å². The van der Waals surface area contributed by atoms with Gasteiger partial charge in [0.15, 0.2) is 0 Å². The summed E-state index contributed by atoms with van der Waals surface area (Å²) in [5.41, 5.74) is 1.18. The van der Waals surface area contributed by atoms with E-state index in [2.05, 4.69) is 15.3 Å². The topological polar surface area (TPSA) is 80.9 Å². The van der Waals surface area contributed by atoms with Crippen LogP contribution in [-0.2, 0) is 6.54 Å². The third-order valence-electron chi connectivity index (χ3n) is 2.89. The Morgan fingerprint density at radius 1 is 1.61 bits per heavy atom. The number of hydrogen-bond acceptors (Lipinski definition) is 5. The number of thiazole rings is 1. The summed E-state index contributed by atoms with van der Waals surface area (Å²) in [5, 5.41) is 17.7. The molecule has 18 heavy (non-hydrogen) atoms. The van der Waals surface area contributed by atoms with E-state index < -0.39 is 5.97 Å². The summed E-state index contributed by atoms with van der Waals surface area (Å²) in [7, 11) is 0. The zero-order valence-electron chi connectivity index (χ0n) is 9.83. The molecule has 6 nitrogen and oxygen atoms in total. The molecule has 0 aliphatic heterocycles. The first kappa shape index (κ1) is 11.3. The van der Waals surface area contributed by atoms with Gasteiger partial charge in [-0.15, -0.1) is 16.4 Å². The zero-order chi connectivity index (χ0) is 12.7. The highest BCUT2D eigenvalue weighted by molar-refractivity contribution is 7.16. The summed E-state index contributed by atoms with van der Waals surface area (Å²) in [6.45, 7) is 2.58. The fraction of sp³-hybridized carbons (Fsp3) is 0.455. The number of aromatic nitrogens is 4. The average Bonchev–Trinajstić information content (AvgIpc) is 2.85. The lowest BCUT2D eigenvalue weighted by atomic mass is 10.4. The molecule has 2 aromatic heterocycles. The normalized spacial score (nSPS) is 14.9. The van der Waals surface area contributed by atoms with Crippen molar-refractivity contribution in [3.8, 4) is 10.7 Å². The van der Waals surface area contributed by atoms with Crippen LogP contribution in [0.1, 0.15) is 28.2 Å². The maximum atomic E-state index is 11.0. The van der Waals surface area contributed by atoms with Crippen molar-refractivity contribution < 1.29 is 9.90 Å². The predicted octanol–water partition coefficient (Wildman–Crippen LogP) is 1.82. The van der Waals surface area contributed by atoms with E-state index in [1.165, 1.54) is 12.8 Å². The largest absolute Gasteiger partial charge is 0.477 e. The number of carboxylic acids is 1. The lowest BCUT2D eigenvalue weighted by Gasteiger charge is -1.93.